The number of hydrogen-bond acceptors (Lipinski definition) is 3. The first-order valence-corrected chi connectivity index (χ1v) is 9.33. The third kappa shape index (κ3) is 8.77. The molecule has 1 aromatic carbocycles. The molecule has 1 rings (SSSR count). The van der Waals surface area contributed by atoms with Crippen LogP contribution in [-0.4, -0.2) is 43.5 Å². The topological polar surface area (TPSA) is 65.5 Å². The summed E-state index contributed by atoms with van der Waals surface area (Å²) in [5.74, 6) is 1.78. The van der Waals surface area contributed by atoms with Gasteiger partial charge in [0, 0.05) is 37.5 Å². The Kier molecular flexibility index (Phi) is 12.8. The number of aliphatic imine (C=N–C) groups is 1. The number of rotatable bonds is 8. The highest BCUT2D eigenvalue weighted by Gasteiger charge is 2.09. The Morgan fingerprint density at radius 3 is 2.71 bits per heavy atom. The summed E-state index contributed by atoms with van der Waals surface area (Å²) < 4.78 is 0. The molecule has 0 aromatic heterocycles. The second-order valence-corrected chi connectivity index (χ2v) is 6.31. The van der Waals surface area contributed by atoms with Crippen LogP contribution in [0.15, 0.2) is 29.3 Å². The summed E-state index contributed by atoms with van der Waals surface area (Å²) in [7, 11) is 1.75. The van der Waals surface area contributed by atoms with Gasteiger partial charge in [-0.1, -0.05) is 19.1 Å². The van der Waals surface area contributed by atoms with Crippen LogP contribution in [-0.2, 0) is 6.54 Å². The maximum absolute atomic E-state index is 12.2. The third-order valence-electron chi connectivity index (χ3n) is 3.46. The average molecular weight is 464 g/mol. The second-order valence-electron chi connectivity index (χ2n) is 5.33. The number of guanidine groups is 1. The molecule has 7 heteroatoms. The van der Waals surface area contributed by atoms with Gasteiger partial charge in [0.2, 0.25) is 0 Å². The van der Waals surface area contributed by atoms with E-state index in [1.807, 2.05) is 31.2 Å². The normalized spacial score (nSPS) is 12.1. The molecule has 1 atom stereocenters. The minimum atomic E-state index is -0.0244. The van der Waals surface area contributed by atoms with E-state index in [-0.39, 0.29) is 35.9 Å². The maximum Gasteiger partial charge on any atom is 0.251 e. The fourth-order valence-corrected chi connectivity index (χ4v) is 2.22. The molecule has 0 bridgehead atoms. The lowest BCUT2D eigenvalue weighted by atomic mass is 10.1. The maximum atomic E-state index is 12.2. The van der Waals surface area contributed by atoms with Crippen molar-refractivity contribution >= 4 is 47.6 Å². The third-order valence-corrected chi connectivity index (χ3v) is 4.07. The standard InChI is InChI=1S/C17H28N4OS.HI/c1-5-13(2)21-16(22)15-8-6-7-14(11-15)12-20-17(18-3)19-9-10-23-4;/h6-8,11,13H,5,9-10,12H2,1-4H3,(H,21,22)(H2,18,19,20);1H. The Hall–Kier alpha value is -0.960. The first-order chi connectivity index (χ1) is 11.1. The highest BCUT2D eigenvalue weighted by molar-refractivity contribution is 14.0. The van der Waals surface area contributed by atoms with Gasteiger partial charge < -0.3 is 16.0 Å². The summed E-state index contributed by atoms with van der Waals surface area (Å²) in [6.07, 6.45) is 3.00. The van der Waals surface area contributed by atoms with Crippen molar-refractivity contribution in [2.75, 3.05) is 25.6 Å². The molecule has 0 radical (unpaired) electrons. The quantitative estimate of drug-likeness (QED) is 0.240. The van der Waals surface area contributed by atoms with E-state index in [2.05, 4.69) is 34.1 Å². The van der Waals surface area contributed by atoms with Gasteiger partial charge in [0.1, 0.15) is 0 Å². The van der Waals surface area contributed by atoms with E-state index >= 15 is 0 Å². The van der Waals surface area contributed by atoms with Crippen molar-refractivity contribution in [3.8, 4) is 0 Å². The number of carbonyl (C=O) groups excluding carboxylic acids is 1. The van der Waals surface area contributed by atoms with Crippen LogP contribution in [0.1, 0.15) is 36.2 Å². The lowest BCUT2D eigenvalue weighted by Gasteiger charge is -2.13. The molecule has 0 heterocycles. The zero-order valence-corrected chi connectivity index (χ0v) is 18.0. The Morgan fingerprint density at radius 1 is 1.33 bits per heavy atom. The second kappa shape index (κ2) is 13.3. The predicted octanol–water partition coefficient (Wildman–Crippen LogP) is 2.86. The van der Waals surface area contributed by atoms with Gasteiger partial charge in [-0.3, -0.25) is 9.79 Å². The van der Waals surface area contributed by atoms with Crippen molar-refractivity contribution < 1.29 is 4.79 Å². The number of hydrogen-bond donors (Lipinski definition) is 3. The molecular formula is C17H29IN4OS. The summed E-state index contributed by atoms with van der Waals surface area (Å²) in [6, 6.07) is 7.85. The van der Waals surface area contributed by atoms with Gasteiger partial charge in [-0.25, -0.2) is 0 Å². The Balaban J connectivity index is 0.00000529. The molecule has 0 fully saturated rings. The molecule has 1 unspecified atom stereocenters. The smallest absolute Gasteiger partial charge is 0.251 e. The van der Waals surface area contributed by atoms with Crippen molar-refractivity contribution in [2.45, 2.75) is 32.9 Å². The summed E-state index contributed by atoms with van der Waals surface area (Å²) in [5, 5.41) is 9.50. The number of nitrogens with zero attached hydrogens (tertiary/aromatic N) is 1. The largest absolute Gasteiger partial charge is 0.356 e. The van der Waals surface area contributed by atoms with Crippen LogP contribution in [0.5, 0.6) is 0 Å². The highest BCUT2D eigenvalue weighted by Crippen LogP contribution is 2.06. The zero-order chi connectivity index (χ0) is 17.1. The van der Waals surface area contributed by atoms with Crippen LogP contribution in [0, 0.1) is 0 Å². The molecule has 0 saturated carbocycles. The van der Waals surface area contributed by atoms with Gasteiger partial charge in [-0.2, -0.15) is 11.8 Å². The van der Waals surface area contributed by atoms with Gasteiger partial charge >= 0.3 is 0 Å². The summed E-state index contributed by atoms with van der Waals surface area (Å²) in [5.41, 5.74) is 1.74. The average Bonchev–Trinajstić information content (AvgIpc) is 2.58. The van der Waals surface area contributed by atoms with E-state index in [0.29, 0.717) is 12.1 Å². The number of thioether (sulfide) groups is 1. The summed E-state index contributed by atoms with van der Waals surface area (Å²) in [4.78, 5) is 16.4. The van der Waals surface area contributed by atoms with Crippen molar-refractivity contribution in [1.29, 1.82) is 0 Å². The predicted molar refractivity (Wildman–Crippen MR) is 116 cm³/mol. The molecule has 0 aliphatic carbocycles. The Labute approximate surface area is 166 Å². The SMILES string of the molecule is CCC(C)NC(=O)c1cccc(CNC(=NC)NCCSC)c1.I. The van der Waals surface area contributed by atoms with Crippen LogP contribution in [0.25, 0.3) is 0 Å². The van der Waals surface area contributed by atoms with Crippen molar-refractivity contribution in [3.63, 3.8) is 0 Å². The molecule has 0 aliphatic rings. The van der Waals surface area contributed by atoms with Crippen molar-refractivity contribution in [2.24, 2.45) is 4.99 Å². The van der Waals surface area contributed by atoms with Gasteiger partial charge in [0.15, 0.2) is 5.96 Å². The number of benzene rings is 1. The van der Waals surface area contributed by atoms with E-state index in [9.17, 15) is 4.79 Å². The summed E-state index contributed by atoms with van der Waals surface area (Å²) >= 11 is 1.79. The van der Waals surface area contributed by atoms with E-state index in [0.717, 1.165) is 30.2 Å². The van der Waals surface area contributed by atoms with Crippen LogP contribution in [0.2, 0.25) is 0 Å². The first-order valence-electron chi connectivity index (χ1n) is 7.94. The number of carbonyl (C=O) groups is 1. The van der Waals surface area contributed by atoms with Gasteiger partial charge in [-0.15, -0.1) is 24.0 Å². The van der Waals surface area contributed by atoms with Crippen LogP contribution < -0.4 is 16.0 Å². The first kappa shape index (κ1) is 23.0. The molecule has 0 saturated heterocycles. The van der Waals surface area contributed by atoms with Gasteiger partial charge in [-0.05, 0) is 37.3 Å². The highest BCUT2D eigenvalue weighted by atomic mass is 127. The number of amides is 1. The minimum Gasteiger partial charge on any atom is -0.356 e. The molecule has 1 amide bonds. The van der Waals surface area contributed by atoms with Crippen LogP contribution in [0.3, 0.4) is 0 Å². The van der Waals surface area contributed by atoms with Crippen LogP contribution in [0.4, 0.5) is 0 Å². The van der Waals surface area contributed by atoms with Crippen LogP contribution >= 0.6 is 35.7 Å². The Morgan fingerprint density at radius 2 is 2.08 bits per heavy atom. The lowest BCUT2D eigenvalue weighted by Crippen LogP contribution is -2.38. The lowest BCUT2D eigenvalue weighted by molar-refractivity contribution is 0.0939. The van der Waals surface area contributed by atoms with E-state index in [1.54, 1.807) is 18.8 Å². The number of nitrogens with one attached hydrogen (secondary N) is 3. The zero-order valence-electron chi connectivity index (χ0n) is 14.9. The van der Waals surface area contributed by atoms with Crippen molar-refractivity contribution in [1.82, 2.24) is 16.0 Å². The number of halogens is 1. The molecule has 0 spiro atoms. The molecule has 0 aliphatic heterocycles. The molecule has 1 aromatic rings. The molecule has 136 valence electrons. The summed E-state index contributed by atoms with van der Waals surface area (Å²) in [6.45, 7) is 5.57. The van der Waals surface area contributed by atoms with E-state index in [1.165, 1.54) is 0 Å². The van der Waals surface area contributed by atoms with E-state index < -0.39 is 0 Å². The van der Waals surface area contributed by atoms with E-state index in [4.69, 9.17) is 0 Å². The molecular weight excluding hydrogens is 435 g/mol. The van der Waals surface area contributed by atoms with Gasteiger partial charge in [0.05, 0.1) is 0 Å². The Bertz CT molecular complexity index is 525. The fraction of sp³-hybridized carbons (Fsp3) is 0.529. The molecule has 24 heavy (non-hydrogen) atoms. The van der Waals surface area contributed by atoms with Gasteiger partial charge in [0.25, 0.3) is 5.91 Å². The monoisotopic (exact) mass is 464 g/mol. The molecule has 3 N–H and O–H groups in total. The fourth-order valence-electron chi connectivity index (χ4n) is 1.91. The van der Waals surface area contributed by atoms with Crippen molar-refractivity contribution in [3.05, 3.63) is 35.4 Å². The molecule has 5 nitrogen and oxygen atoms in total. The minimum absolute atomic E-state index is 0.